The maximum Gasteiger partial charge on any atom is 0.274 e. The number of nitrogens with zero attached hydrogens (tertiary/aromatic N) is 1. The molecule has 174 valence electrons. The van der Waals surface area contributed by atoms with Crippen LogP contribution in [0, 0.1) is 5.82 Å². The summed E-state index contributed by atoms with van der Waals surface area (Å²) in [7, 11) is -4.19. The lowest BCUT2D eigenvalue weighted by Gasteiger charge is -2.24. The molecule has 3 rings (SSSR count). The summed E-state index contributed by atoms with van der Waals surface area (Å²) in [6, 6.07) is 14.6. The van der Waals surface area contributed by atoms with Crippen molar-refractivity contribution in [3.05, 3.63) is 77.4 Å². The zero-order valence-electron chi connectivity index (χ0n) is 18.1. The Hall–Kier alpha value is -3.24. The Morgan fingerprint density at radius 2 is 1.76 bits per heavy atom. The quantitative estimate of drug-likeness (QED) is 0.470. The summed E-state index contributed by atoms with van der Waals surface area (Å²) >= 11 is 0.967. The minimum atomic E-state index is -4.19. The van der Waals surface area contributed by atoms with Gasteiger partial charge in [-0.2, -0.15) is 0 Å². The predicted molar refractivity (Wildman–Crippen MR) is 128 cm³/mol. The lowest BCUT2D eigenvalue weighted by atomic mass is 10.1. The van der Waals surface area contributed by atoms with E-state index in [2.05, 4.69) is 10.6 Å². The van der Waals surface area contributed by atoms with Gasteiger partial charge in [-0.1, -0.05) is 37.3 Å². The number of para-hydroxylation sites is 2. The molecule has 1 unspecified atom stereocenters. The van der Waals surface area contributed by atoms with Gasteiger partial charge in [-0.15, -0.1) is 11.3 Å². The molecule has 0 bridgehead atoms. The molecule has 1 atom stereocenters. The van der Waals surface area contributed by atoms with Crippen LogP contribution in [0.25, 0.3) is 0 Å². The summed E-state index contributed by atoms with van der Waals surface area (Å²) in [6.45, 7) is 3.12. The highest BCUT2D eigenvalue weighted by molar-refractivity contribution is 7.94. The van der Waals surface area contributed by atoms with Gasteiger partial charge in [0.1, 0.15) is 16.6 Å². The van der Waals surface area contributed by atoms with Gasteiger partial charge in [0, 0.05) is 6.04 Å². The third-order valence-corrected chi connectivity index (χ3v) is 8.02. The maximum absolute atomic E-state index is 14.5. The Morgan fingerprint density at radius 3 is 2.42 bits per heavy atom. The highest BCUT2D eigenvalue weighted by Crippen LogP contribution is 2.28. The van der Waals surface area contributed by atoms with E-state index in [4.69, 9.17) is 0 Å². The first-order chi connectivity index (χ1) is 15.7. The number of sulfonamides is 1. The van der Waals surface area contributed by atoms with Crippen molar-refractivity contribution in [2.75, 3.05) is 16.2 Å². The molecule has 2 aromatic carbocycles. The van der Waals surface area contributed by atoms with E-state index in [0.29, 0.717) is 0 Å². The van der Waals surface area contributed by atoms with Crippen LogP contribution >= 0.6 is 11.3 Å². The molecule has 0 saturated carbocycles. The summed E-state index contributed by atoms with van der Waals surface area (Å²) in [5, 5.41) is 7.01. The van der Waals surface area contributed by atoms with Crippen LogP contribution in [0.2, 0.25) is 0 Å². The smallest absolute Gasteiger partial charge is 0.274 e. The number of hydrogen-bond donors (Lipinski definition) is 2. The molecule has 1 aromatic heterocycles. The standard InChI is InChI=1S/C23H24FN3O4S2/c1-3-16(2)25-23(29)17-9-4-6-11-19(17)26-21(28)15-27(20-12-7-5-10-18(20)24)33(30,31)22-13-8-14-32-22/h4-14,16H,3,15H2,1-2H3,(H,25,29)(H,26,28). The third-order valence-electron chi connectivity index (χ3n) is 4.88. The first-order valence-corrected chi connectivity index (χ1v) is 12.6. The highest BCUT2D eigenvalue weighted by atomic mass is 32.2. The number of halogens is 1. The van der Waals surface area contributed by atoms with E-state index in [1.807, 2.05) is 13.8 Å². The van der Waals surface area contributed by atoms with Crippen LogP contribution in [-0.4, -0.2) is 32.8 Å². The van der Waals surface area contributed by atoms with Gasteiger partial charge >= 0.3 is 0 Å². The van der Waals surface area contributed by atoms with Gasteiger partial charge in [0.2, 0.25) is 5.91 Å². The second-order valence-electron chi connectivity index (χ2n) is 7.27. The van der Waals surface area contributed by atoms with Crippen molar-refractivity contribution >= 4 is 44.5 Å². The van der Waals surface area contributed by atoms with Gasteiger partial charge in [-0.3, -0.25) is 13.9 Å². The minimum Gasteiger partial charge on any atom is -0.350 e. The Labute approximate surface area is 196 Å². The number of thiophene rings is 1. The van der Waals surface area contributed by atoms with Crippen molar-refractivity contribution in [3.63, 3.8) is 0 Å². The molecule has 1 heterocycles. The van der Waals surface area contributed by atoms with Crippen LogP contribution in [0.4, 0.5) is 15.8 Å². The fourth-order valence-electron chi connectivity index (χ4n) is 2.99. The molecular weight excluding hydrogens is 465 g/mol. The molecule has 0 aliphatic heterocycles. The van der Waals surface area contributed by atoms with Gasteiger partial charge in [0.05, 0.1) is 16.9 Å². The largest absolute Gasteiger partial charge is 0.350 e. The number of anilines is 2. The SMILES string of the molecule is CCC(C)NC(=O)c1ccccc1NC(=O)CN(c1ccccc1F)S(=O)(=O)c1cccs1. The Morgan fingerprint density at radius 1 is 1.06 bits per heavy atom. The summed E-state index contributed by atoms with van der Waals surface area (Å²) in [6.07, 6.45) is 0.735. The molecular formula is C23H24FN3O4S2. The van der Waals surface area contributed by atoms with E-state index < -0.39 is 28.3 Å². The van der Waals surface area contributed by atoms with Crippen molar-refractivity contribution in [1.29, 1.82) is 0 Å². The first-order valence-electron chi connectivity index (χ1n) is 10.2. The second kappa shape index (κ2) is 10.6. The van der Waals surface area contributed by atoms with Crippen LogP contribution < -0.4 is 14.9 Å². The van der Waals surface area contributed by atoms with Crippen LogP contribution in [0.5, 0.6) is 0 Å². The summed E-state index contributed by atoms with van der Waals surface area (Å²) in [4.78, 5) is 25.5. The predicted octanol–water partition coefficient (Wildman–Crippen LogP) is 4.25. The van der Waals surface area contributed by atoms with Crippen LogP contribution in [-0.2, 0) is 14.8 Å². The van der Waals surface area contributed by atoms with Crippen LogP contribution in [0.3, 0.4) is 0 Å². The molecule has 2 amide bonds. The molecule has 2 N–H and O–H groups in total. The topological polar surface area (TPSA) is 95.6 Å². The first kappa shape index (κ1) is 24.4. The molecule has 7 nitrogen and oxygen atoms in total. The maximum atomic E-state index is 14.5. The fraction of sp³-hybridized carbons (Fsp3) is 0.217. The summed E-state index contributed by atoms with van der Waals surface area (Å²) < 4.78 is 41.6. The van der Waals surface area contributed by atoms with E-state index in [9.17, 15) is 22.4 Å². The van der Waals surface area contributed by atoms with E-state index >= 15 is 0 Å². The molecule has 3 aromatic rings. The Balaban J connectivity index is 1.89. The monoisotopic (exact) mass is 489 g/mol. The van der Waals surface area contributed by atoms with Crippen molar-refractivity contribution < 1.29 is 22.4 Å². The third kappa shape index (κ3) is 5.77. The number of carbonyl (C=O) groups excluding carboxylic acids is 2. The number of rotatable bonds is 9. The van der Waals surface area contributed by atoms with Gasteiger partial charge in [-0.25, -0.2) is 12.8 Å². The van der Waals surface area contributed by atoms with E-state index in [1.54, 1.807) is 35.7 Å². The molecule has 33 heavy (non-hydrogen) atoms. The van der Waals surface area contributed by atoms with Gasteiger partial charge in [0.25, 0.3) is 15.9 Å². The number of nitrogens with one attached hydrogen (secondary N) is 2. The molecule has 0 spiro atoms. The average molecular weight is 490 g/mol. The zero-order valence-corrected chi connectivity index (χ0v) is 19.8. The minimum absolute atomic E-state index is 0.0214. The summed E-state index contributed by atoms with van der Waals surface area (Å²) in [5.74, 6) is -1.86. The van der Waals surface area contributed by atoms with Gasteiger partial charge < -0.3 is 10.6 Å². The molecule has 0 saturated heterocycles. The normalized spacial score (nSPS) is 12.1. The van der Waals surface area contributed by atoms with Crippen LogP contribution in [0.15, 0.2) is 70.3 Å². The van der Waals surface area contributed by atoms with Gasteiger partial charge in [0.15, 0.2) is 0 Å². The van der Waals surface area contributed by atoms with E-state index in [0.717, 1.165) is 28.1 Å². The summed E-state index contributed by atoms with van der Waals surface area (Å²) in [5.41, 5.74) is 0.221. The van der Waals surface area contributed by atoms with Crippen LogP contribution in [0.1, 0.15) is 30.6 Å². The molecule has 0 aliphatic rings. The number of hydrogen-bond acceptors (Lipinski definition) is 5. The Kier molecular flexibility index (Phi) is 7.83. The molecule has 10 heteroatoms. The lowest BCUT2D eigenvalue weighted by Crippen LogP contribution is -2.39. The van der Waals surface area contributed by atoms with E-state index in [-0.39, 0.29) is 33.1 Å². The number of carbonyl (C=O) groups is 2. The van der Waals surface area contributed by atoms with Crippen molar-refractivity contribution in [2.45, 2.75) is 30.5 Å². The second-order valence-corrected chi connectivity index (χ2v) is 10.3. The van der Waals surface area contributed by atoms with Gasteiger partial charge in [-0.05, 0) is 49.1 Å². The van der Waals surface area contributed by atoms with Crippen molar-refractivity contribution in [1.82, 2.24) is 5.32 Å². The molecule has 0 aliphatic carbocycles. The molecule has 0 fully saturated rings. The van der Waals surface area contributed by atoms with Crippen molar-refractivity contribution in [2.24, 2.45) is 0 Å². The molecule has 0 radical (unpaired) electrons. The van der Waals surface area contributed by atoms with E-state index in [1.165, 1.54) is 24.3 Å². The van der Waals surface area contributed by atoms with Crippen molar-refractivity contribution in [3.8, 4) is 0 Å². The lowest BCUT2D eigenvalue weighted by molar-refractivity contribution is -0.114. The highest BCUT2D eigenvalue weighted by Gasteiger charge is 2.30. The fourth-order valence-corrected chi connectivity index (χ4v) is 5.52. The number of benzene rings is 2. The Bertz CT molecular complexity index is 1230. The average Bonchev–Trinajstić information content (AvgIpc) is 3.34. The number of amides is 2. The zero-order chi connectivity index (χ0) is 24.0.